The van der Waals surface area contributed by atoms with Crippen molar-refractivity contribution in [3.05, 3.63) is 69.7 Å². The molecule has 2 nitrogen and oxygen atoms in total. The van der Waals surface area contributed by atoms with E-state index in [1.807, 2.05) is 0 Å². The molecule has 0 aliphatic rings. The lowest BCUT2D eigenvalue weighted by Gasteiger charge is -2.07. The second-order valence-corrected chi connectivity index (χ2v) is 4.56. The lowest BCUT2D eigenvalue weighted by atomic mass is 9.97. The van der Waals surface area contributed by atoms with Crippen LogP contribution < -0.4 is 5.73 Å². The molecule has 0 radical (unpaired) electrons. The Morgan fingerprint density at radius 1 is 1.19 bits per heavy atom. The number of carbonyl (C=O) groups is 1. The van der Waals surface area contributed by atoms with Crippen LogP contribution in [0.3, 0.4) is 0 Å². The minimum Gasteiger partial charge on any atom is -0.320 e. The average molecular weight is 306 g/mol. The molecule has 2 aromatic rings. The first-order valence-electron chi connectivity index (χ1n) is 6.01. The molecule has 0 amide bonds. The van der Waals surface area contributed by atoms with Crippen LogP contribution in [0.2, 0.25) is 5.02 Å². The highest BCUT2D eigenvalue weighted by molar-refractivity contribution is 6.31. The molecule has 2 rings (SSSR count). The Balaban J connectivity index is 2.60. The summed E-state index contributed by atoms with van der Waals surface area (Å²) < 4.78 is 27.4. The summed E-state index contributed by atoms with van der Waals surface area (Å²) in [6, 6.07) is 7.61. The minimum absolute atomic E-state index is 0.0347. The molecule has 2 N–H and O–H groups in total. The lowest BCUT2D eigenvalue weighted by Crippen LogP contribution is -2.09. The largest absolute Gasteiger partial charge is 0.320 e. The number of hydrogen-bond acceptors (Lipinski definition) is 2. The van der Waals surface area contributed by atoms with E-state index in [0.29, 0.717) is 5.56 Å². The predicted octanol–water partition coefficient (Wildman–Crippen LogP) is 3.16. The van der Waals surface area contributed by atoms with Crippen molar-refractivity contribution in [3.63, 3.8) is 0 Å². The molecule has 0 saturated heterocycles. The third-order valence-electron chi connectivity index (χ3n) is 2.74. The van der Waals surface area contributed by atoms with E-state index in [2.05, 4.69) is 11.8 Å². The quantitative estimate of drug-likeness (QED) is 0.684. The summed E-state index contributed by atoms with van der Waals surface area (Å²) in [6.07, 6.45) is 0. The van der Waals surface area contributed by atoms with Gasteiger partial charge in [-0.2, -0.15) is 0 Å². The molecule has 0 unspecified atom stereocenters. The molecule has 21 heavy (non-hydrogen) atoms. The highest BCUT2D eigenvalue weighted by Crippen LogP contribution is 2.22. The van der Waals surface area contributed by atoms with Crippen molar-refractivity contribution < 1.29 is 13.6 Å². The standard InChI is InChI=1S/C16H10ClF2NO/c17-11-7-6-10(3-2-8-20)12(9-11)16(21)15-13(18)4-1-5-14(15)19/h1,4-7,9H,8,20H2. The molecule has 0 bridgehead atoms. The van der Waals surface area contributed by atoms with E-state index >= 15 is 0 Å². The SMILES string of the molecule is NCC#Cc1ccc(Cl)cc1C(=O)c1c(F)cccc1F. The van der Waals surface area contributed by atoms with Gasteiger partial charge in [-0.05, 0) is 30.3 Å². The number of halogens is 3. The molecule has 0 aliphatic carbocycles. The highest BCUT2D eigenvalue weighted by atomic mass is 35.5. The third-order valence-corrected chi connectivity index (χ3v) is 2.98. The molecule has 0 atom stereocenters. The fourth-order valence-corrected chi connectivity index (χ4v) is 1.98. The third kappa shape index (κ3) is 3.27. The van der Waals surface area contributed by atoms with Crippen LogP contribution in [0.15, 0.2) is 36.4 Å². The summed E-state index contributed by atoms with van der Waals surface area (Å²) in [5.41, 5.74) is 5.01. The van der Waals surface area contributed by atoms with E-state index in [-0.39, 0.29) is 17.1 Å². The van der Waals surface area contributed by atoms with Crippen LogP contribution in [0.25, 0.3) is 0 Å². The molecule has 0 heterocycles. The molecular weight excluding hydrogens is 296 g/mol. The maximum Gasteiger partial charge on any atom is 0.200 e. The van der Waals surface area contributed by atoms with Gasteiger partial charge in [-0.3, -0.25) is 4.79 Å². The van der Waals surface area contributed by atoms with Crippen molar-refractivity contribution in [2.24, 2.45) is 5.73 Å². The van der Waals surface area contributed by atoms with Gasteiger partial charge in [0.1, 0.15) is 11.6 Å². The normalized spacial score (nSPS) is 9.90. The van der Waals surface area contributed by atoms with Gasteiger partial charge in [0.15, 0.2) is 5.78 Å². The van der Waals surface area contributed by atoms with E-state index < -0.39 is 23.0 Å². The van der Waals surface area contributed by atoms with Gasteiger partial charge in [-0.25, -0.2) is 8.78 Å². The van der Waals surface area contributed by atoms with Gasteiger partial charge in [0.2, 0.25) is 0 Å². The zero-order valence-corrected chi connectivity index (χ0v) is 11.5. The Morgan fingerprint density at radius 2 is 1.86 bits per heavy atom. The number of nitrogens with two attached hydrogens (primary N) is 1. The van der Waals surface area contributed by atoms with Crippen LogP contribution in [0.5, 0.6) is 0 Å². The summed E-state index contributed by atoms with van der Waals surface area (Å²) in [6.45, 7) is 0.102. The van der Waals surface area contributed by atoms with Gasteiger partial charge < -0.3 is 5.73 Å². The zero-order chi connectivity index (χ0) is 15.4. The number of hydrogen-bond donors (Lipinski definition) is 1. The Labute approximate surface area is 125 Å². The molecule has 106 valence electrons. The monoisotopic (exact) mass is 305 g/mol. The van der Waals surface area contributed by atoms with Gasteiger partial charge in [0, 0.05) is 16.1 Å². The summed E-state index contributed by atoms with van der Waals surface area (Å²) in [4.78, 5) is 12.4. The smallest absolute Gasteiger partial charge is 0.200 e. The molecule has 5 heteroatoms. The molecule has 2 aromatic carbocycles. The number of carbonyl (C=O) groups excluding carboxylic acids is 1. The Kier molecular flexibility index (Phi) is 4.69. The number of ketones is 1. The van der Waals surface area contributed by atoms with Crippen LogP contribution in [0.1, 0.15) is 21.5 Å². The second kappa shape index (κ2) is 6.49. The van der Waals surface area contributed by atoms with E-state index in [1.54, 1.807) is 0 Å². The Hall–Kier alpha value is -2.22. The molecule has 0 fully saturated rings. The number of rotatable bonds is 2. The minimum atomic E-state index is -0.933. The van der Waals surface area contributed by atoms with Crippen LogP contribution in [-0.4, -0.2) is 12.3 Å². The summed E-state index contributed by atoms with van der Waals surface area (Å²) >= 11 is 5.85. The predicted molar refractivity (Wildman–Crippen MR) is 77.2 cm³/mol. The topological polar surface area (TPSA) is 43.1 Å². The van der Waals surface area contributed by atoms with Gasteiger partial charge in [0.05, 0.1) is 12.1 Å². The highest BCUT2D eigenvalue weighted by Gasteiger charge is 2.21. The molecule has 0 spiro atoms. The summed E-state index contributed by atoms with van der Waals surface area (Å²) in [7, 11) is 0. The van der Waals surface area contributed by atoms with E-state index in [4.69, 9.17) is 17.3 Å². The van der Waals surface area contributed by atoms with Crippen molar-refractivity contribution in [1.82, 2.24) is 0 Å². The first-order chi connectivity index (χ1) is 10.0. The molecule has 0 aliphatic heterocycles. The van der Waals surface area contributed by atoms with Crippen molar-refractivity contribution in [2.75, 3.05) is 6.54 Å². The number of benzene rings is 2. The van der Waals surface area contributed by atoms with Gasteiger partial charge in [0.25, 0.3) is 0 Å². The fourth-order valence-electron chi connectivity index (χ4n) is 1.81. The van der Waals surface area contributed by atoms with Gasteiger partial charge in [-0.1, -0.05) is 29.5 Å². The maximum atomic E-state index is 13.7. The Bertz CT molecular complexity index is 742. The first kappa shape index (κ1) is 15.2. The Morgan fingerprint density at radius 3 is 2.48 bits per heavy atom. The maximum absolute atomic E-state index is 13.7. The van der Waals surface area contributed by atoms with E-state index in [1.165, 1.54) is 24.3 Å². The van der Waals surface area contributed by atoms with Crippen molar-refractivity contribution in [2.45, 2.75) is 0 Å². The van der Waals surface area contributed by atoms with Crippen molar-refractivity contribution in [3.8, 4) is 11.8 Å². The van der Waals surface area contributed by atoms with Crippen LogP contribution >= 0.6 is 11.6 Å². The fraction of sp³-hybridized carbons (Fsp3) is 0.0625. The van der Waals surface area contributed by atoms with Crippen LogP contribution in [0, 0.1) is 23.5 Å². The zero-order valence-electron chi connectivity index (χ0n) is 10.8. The molecule has 0 aromatic heterocycles. The van der Waals surface area contributed by atoms with Gasteiger partial charge in [-0.15, -0.1) is 0 Å². The van der Waals surface area contributed by atoms with Crippen LogP contribution in [-0.2, 0) is 0 Å². The lowest BCUT2D eigenvalue weighted by molar-refractivity contribution is 0.103. The van der Waals surface area contributed by atoms with Crippen molar-refractivity contribution in [1.29, 1.82) is 0 Å². The first-order valence-corrected chi connectivity index (χ1v) is 6.39. The van der Waals surface area contributed by atoms with E-state index in [9.17, 15) is 13.6 Å². The summed E-state index contributed by atoms with van der Waals surface area (Å²) in [5.74, 6) is 2.61. The van der Waals surface area contributed by atoms with Crippen LogP contribution in [0.4, 0.5) is 8.78 Å². The second-order valence-electron chi connectivity index (χ2n) is 4.12. The van der Waals surface area contributed by atoms with Crippen molar-refractivity contribution >= 4 is 17.4 Å². The molecule has 0 saturated carbocycles. The molecular formula is C16H10ClF2NO. The average Bonchev–Trinajstić information content (AvgIpc) is 2.45. The van der Waals surface area contributed by atoms with E-state index in [0.717, 1.165) is 12.1 Å². The summed E-state index contributed by atoms with van der Waals surface area (Å²) in [5, 5.41) is 0.272. The van der Waals surface area contributed by atoms with Gasteiger partial charge >= 0.3 is 0 Å².